The van der Waals surface area contributed by atoms with Crippen LogP contribution in [0.15, 0.2) is 42.5 Å². The van der Waals surface area contributed by atoms with Gasteiger partial charge in [0.25, 0.3) is 0 Å². The highest BCUT2D eigenvalue weighted by Crippen LogP contribution is 2.42. The van der Waals surface area contributed by atoms with Crippen molar-refractivity contribution in [2.75, 3.05) is 0 Å². The van der Waals surface area contributed by atoms with Gasteiger partial charge in [-0.3, -0.25) is 0 Å². The largest absolute Gasteiger partial charge is 0.488 e. The van der Waals surface area contributed by atoms with Crippen LogP contribution in [0.1, 0.15) is 25.0 Å². The third kappa shape index (κ3) is 1.83. The van der Waals surface area contributed by atoms with Gasteiger partial charge >= 0.3 is 0 Å². The third-order valence-electron chi connectivity index (χ3n) is 4.60. The van der Waals surface area contributed by atoms with Gasteiger partial charge in [-0.25, -0.2) is 0 Å². The molecule has 2 aromatic carbocycles. The molecule has 23 heavy (non-hydrogen) atoms. The van der Waals surface area contributed by atoms with Crippen molar-refractivity contribution in [3.63, 3.8) is 0 Å². The van der Waals surface area contributed by atoms with E-state index in [9.17, 15) is 0 Å². The minimum absolute atomic E-state index is 0.261. The molecule has 0 spiro atoms. The van der Waals surface area contributed by atoms with Crippen LogP contribution in [-0.2, 0) is 6.61 Å². The molecule has 114 valence electrons. The summed E-state index contributed by atoms with van der Waals surface area (Å²) >= 11 is 0. The fourth-order valence-electron chi connectivity index (χ4n) is 3.45. The molecule has 0 fully saturated rings. The molecule has 2 aliphatic rings. The first-order valence-corrected chi connectivity index (χ1v) is 7.90. The normalized spacial score (nSPS) is 17.0. The average Bonchev–Trinajstić information content (AvgIpc) is 2.90. The lowest BCUT2D eigenvalue weighted by Gasteiger charge is -2.27. The molecule has 0 saturated heterocycles. The Morgan fingerprint density at radius 1 is 1.09 bits per heavy atom. The fraction of sp³-hybridized carbons (Fsp3) is 0.200. The Labute approximate surface area is 134 Å². The lowest BCUT2D eigenvalue weighted by atomic mass is 9.98. The van der Waals surface area contributed by atoms with Gasteiger partial charge in [-0.05, 0) is 38.1 Å². The maximum Gasteiger partial charge on any atom is 0.129 e. The van der Waals surface area contributed by atoms with Crippen LogP contribution in [0.5, 0.6) is 11.5 Å². The lowest BCUT2D eigenvalue weighted by Crippen LogP contribution is -2.27. The molecule has 0 bridgehead atoms. The fourth-order valence-corrected chi connectivity index (χ4v) is 3.45. The summed E-state index contributed by atoms with van der Waals surface area (Å²) in [6.07, 6.45) is 4.25. The zero-order chi connectivity index (χ0) is 15.6. The number of hydrogen-bond donors (Lipinski definition) is 1. The van der Waals surface area contributed by atoms with Gasteiger partial charge in [0.05, 0.1) is 11.2 Å². The van der Waals surface area contributed by atoms with Crippen molar-refractivity contribution in [3.8, 4) is 22.8 Å². The first-order valence-electron chi connectivity index (χ1n) is 7.90. The SMILES string of the molecule is CC1(C)C=Cc2cc3c4c([nH]c3cc2O1)-c1ccccc1OC4. The van der Waals surface area contributed by atoms with Crippen LogP contribution in [0.2, 0.25) is 0 Å². The second-order valence-electron chi connectivity index (χ2n) is 6.74. The molecule has 3 aromatic rings. The number of hydrogen-bond acceptors (Lipinski definition) is 2. The monoisotopic (exact) mass is 303 g/mol. The maximum atomic E-state index is 6.09. The second-order valence-corrected chi connectivity index (χ2v) is 6.74. The van der Waals surface area contributed by atoms with E-state index in [1.165, 1.54) is 10.9 Å². The van der Waals surface area contributed by atoms with E-state index in [2.05, 4.69) is 49.2 Å². The van der Waals surface area contributed by atoms with E-state index >= 15 is 0 Å². The summed E-state index contributed by atoms with van der Waals surface area (Å²) in [6.45, 7) is 4.74. The Balaban J connectivity index is 1.76. The minimum atomic E-state index is -0.261. The zero-order valence-electron chi connectivity index (χ0n) is 13.1. The number of ether oxygens (including phenoxy) is 2. The predicted molar refractivity (Wildman–Crippen MR) is 91.8 cm³/mol. The number of H-pyrrole nitrogens is 1. The quantitative estimate of drug-likeness (QED) is 0.640. The second kappa shape index (κ2) is 4.19. The van der Waals surface area contributed by atoms with Crippen molar-refractivity contribution < 1.29 is 9.47 Å². The number of benzene rings is 2. The van der Waals surface area contributed by atoms with Crippen LogP contribution in [-0.4, -0.2) is 10.6 Å². The van der Waals surface area contributed by atoms with E-state index in [4.69, 9.17) is 9.47 Å². The van der Waals surface area contributed by atoms with Crippen molar-refractivity contribution in [1.82, 2.24) is 4.98 Å². The Bertz CT molecular complexity index is 979. The van der Waals surface area contributed by atoms with Gasteiger partial charge in [0.15, 0.2) is 0 Å². The molecule has 0 saturated carbocycles. The topological polar surface area (TPSA) is 34.2 Å². The Morgan fingerprint density at radius 2 is 1.96 bits per heavy atom. The van der Waals surface area contributed by atoms with E-state index in [1.807, 2.05) is 18.2 Å². The first kappa shape index (κ1) is 12.8. The molecule has 1 N–H and O–H groups in total. The smallest absolute Gasteiger partial charge is 0.129 e. The summed E-state index contributed by atoms with van der Waals surface area (Å²) < 4.78 is 12.0. The lowest BCUT2D eigenvalue weighted by molar-refractivity contribution is 0.159. The highest BCUT2D eigenvalue weighted by molar-refractivity contribution is 5.95. The number of aromatic nitrogens is 1. The molecule has 0 amide bonds. The van der Waals surface area contributed by atoms with Gasteiger partial charge in [-0.15, -0.1) is 0 Å². The molecular formula is C20H17NO2. The average molecular weight is 303 g/mol. The molecule has 0 unspecified atom stereocenters. The predicted octanol–water partition coefficient (Wildman–Crippen LogP) is 4.91. The third-order valence-corrected chi connectivity index (χ3v) is 4.60. The van der Waals surface area contributed by atoms with E-state index in [-0.39, 0.29) is 5.60 Å². The van der Waals surface area contributed by atoms with Gasteiger partial charge in [0.1, 0.15) is 23.7 Å². The van der Waals surface area contributed by atoms with Crippen molar-refractivity contribution in [3.05, 3.63) is 53.6 Å². The van der Waals surface area contributed by atoms with Crippen LogP contribution in [0.3, 0.4) is 0 Å². The number of nitrogens with one attached hydrogen (secondary N) is 1. The highest BCUT2D eigenvalue weighted by atomic mass is 16.5. The summed E-state index contributed by atoms with van der Waals surface area (Å²) in [6, 6.07) is 12.5. The van der Waals surface area contributed by atoms with E-state index < -0.39 is 0 Å². The molecule has 3 heteroatoms. The Morgan fingerprint density at radius 3 is 2.87 bits per heavy atom. The Hall–Kier alpha value is -2.68. The van der Waals surface area contributed by atoms with Gasteiger partial charge in [-0.1, -0.05) is 18.2 Å². The van der Waals surface area contributed by atoms with Gasteiger partial charge in [-0.2, -0.15) is 0 Å². The van der Waals surface area contributed by atoms with Crippen molar-refractivity contribution in [1.29, 1.82) is 0 Å². The van der Waals surface area contributed by atoms with Gasteiger partial charge < -0.3 is 14.5 Å². The molecule has 3 nitrogen and oxygen atoms in total. The Kier molecular flexibility index (Phi) is 2.34. The molecule has 1 aromatic heterocycles. The van der Waals surface area contributed by atoms with Crippen LogP contribution < -0.4 is 9.47 Å². The van der Waals surface area contributed by atoms with Crippen LogP contribution in [0.4, 0.5) is 0 Å². The summed E-state index contributed by atoms with van der Waals surface area (Å²) in [5, 5.41) is 1.21. The maximum absolute atomic E-state index is 6.09. The standard InChI is InChI=1S/C20H17NO2/c1-20(2)8-7-12-9-14-15-11-22-17-6-4-3-5-13(17)19(15)21-16(14)10-18(12)23-20/h3-10,21H,11H2,1-2H3. The zero-order valence-corrected chi connectivity index (χ0v) is 13.1. The number of rotatable bonds is 0. The van der Waals surface area contributed by atoms with Gasteiger partial charge in [0, 0.05) is 28.1 Å². The first-order chi connectivity index (χ1) is 11.1. The number of para-hydroxylation sites is 1. The molecule has 0 atom stereocenters. The molecule has 0 radical (unpaired) electrons. The van der Waals surface area contributed by atoms with Crippen LogP contribution in [0.25, 0.3) is 28.2 Å². The summed E-state index contributed by atoms with van der Waals surface area (Å²) in [7, 11) is 0. The van der Waals surface area contributed by atoms with E-state index in [0.717, 1.165) is 33.8 Å². The summed E-state index contributed by atoms with van der Waals surface area (Å²) in [5.41, 5.74) is 5.47. The van der Waals surface area contributed by atoms with Crippen molar-refractivity contribution in [2.45, 2.75) is 26.1 Å². The van der Waals surface area contributed by atoms with Crippen LogP contribution in [0, 0.1) is 0 Å². The minimum Gasteiger partial charge on any atom is -0.488 e. The van der Waals surface area contributed by atoms with E-state index in [0.29, 0.717) is 6.61 Å². The van der Waals surface area contributed by atoms with Crippen LogP contribution >= 0.6 is 0 Å². The highest BCUT2D eigenvalue weighted by Gasteiger charge is 2.25. The van der Waals surface area contributed by atoms with Gasteiger partial charge in [0.2, 0.25) is 0 Å². The molecule has 2 aliphatic heterocycles. The molecule has 3 heterocycles. The van der Waals surface area contributed by atoms with E-state index in [1.54, 1.807) is 0 Å². The van der Waals surface area contributed by atoms with Crippen molar-refractivity contribution in [2.24, 2.45) is 0 Å². The molecular weight excluding hydrogens is 286 g/mol. The number of fused-ring (bicyclic) bond motifs is 6. The number of aromatic amines is 1. The molecule has 5 rings (SSSR count). The van der Waals surface area contributed by atoms with Crippen molar-refractivity contribution >= 4 is 17.0 Å². The summed E-state index contributed by atoms with van der Waals surface area (Å²) in [5.74, 6) is 1.87. The summed E-state index contributed by atoms with van der Waals surface area (Å²) in [4.78, 5) is 3.57. The molecule has 0 aliphatic carbocycles.